The highest BCUT2D eigenvalue weighted by Crippen LogP contribution is 2.54. The van der Waals surface area contributed by atoms with Crippen LogP contribution in [0.4, 0.5) is 23.2 Å². The average molecular weight is 602 g/mol. The predicted molar refractivity (Wildman–Crippen MR) is 147 cm³/mol. The molecule has 4 aliphatic rings. The summed E-state index contributed by atoms with van der Waals surface area (Å²) < 4.78 is 59.2. The minimum Gasteiger partial charge on any atom is -0.496 e. The van der Waals surface area contributed by atoms with Crippen molar-refractivity contribution in [3.05, 3.63) is 70.6 Å². The number of nitrogens with one attached hydrogen (secondary N) is 2. The monoisotopic (exact) mass is 601 g/mol. The fourth-order valence-electron chi connectivity index (χ4n) is 6.66. The number of hydrogen-bond acceptors (Lipinski definition) is 5. The molecule has 3 N–H and O–H groups in total. The lowest BCUT2D eigenvalue weighted by Crippen LogP contribution is -2.53. The Morgan fingerprint density at radius 1 is 1.02 bits per heavy atom. The van der Waals surface area contributed by atoms with E-state index in [4.69, 9.17) is 4.74 Å². The van der Waals surface area contributed by atoms with Gasteiger partial charge in [0.15, 0.2) is 0 Å². The molecule has 228 valence electrons. The molecule has 43 heavy (non-hydrogen) atoms. The number of rotatable bonds is 7. The highest BCUT2D eigenvalue weighted by atomic mass is 19.4. The summed E-state index contributed by atoms with van der Waals surface area (Å²) >= 11 is 0. The number of hydrogen-bond donors (Lipinski definition) is 3. The largest absolute Gasteiger partial charge is 0.496 e. The van der Waals surface area contributed by atoms with Crippen molar-refractivity contribution in [1.29, 1.82) is 0 Å². The van der Waals surface area contributed by atoms with Gasteiger partial charge in [-0.3, -0.25) is 14.4 Å². The van der Waals surface area contributed by atoms with Crippen molar-refractivity contribution in [2.24, 2.45) is 23.7 Å². The number of nitrogens with zero attached hydrogens (tertiary/aromatic N) is 1. The molecule has 2 aromatic carbocycles. The van der Waals surface area contributed by atoms with Crippen molar-refractivity contribution in [3.63, 3.8) is 0 Å². The summed E-state index contributed by atoms with van der Waals surface area (Å²) in [5.74, 6) is -3.38. The number of β-amino-alcohol motifs (C(OH)–C–C–N with tert-alkyl or cyclic N) is 1. The lowest BCUT2D eigenvalue weighted by Gasteiger charge is -2.36. The predicted octanol–water partition coefficient (Wildman–Crippen LogP) is 4.40. The topological polar surface area (TPSA) is 108 Å². The molecule has 4 fully saturated rings. The van der Waals surface area contributed by atoms with E-state index < -0.39 is 47.4 Å². The fraction of sp³-hybridized carbons (Fsp3) is 0.452. The molecule has 3 amide bonds. The van der Waals surface area contributed by atoms with Gasteiger partial charge in [-0.2, -0.15) is 13.2 Å². The van der Waals surface area contributed by atoms with E-state index in [-0.39, 0.29) is 53.4 Å². The van der Waals surface area contributed by atoms with Gasteiger partial charge < -0.3 is 25.4 Å². The minimum absolute atomic E-state index is 0.0948. The number of benzene rings is 2. The summed E-state index contributed by atoms with van der Waals surface area (Å²) in [5.41, 5.74) is -0.256. The third kappa shape index (κ3) is 5.60. The third-order valence-electron chi connectivity index (χ3n) is 8.93. The number of ether oxygens (including phenoxy) is 1. The van der Waals surface area contributed by atoms with Gasteiger partial charge in [0.25, 0.3) is 11.8 Å². The van der Waals surface area contributed by atoms with E-state index in [1.54, 1.807) is 0 Å². The molecular formula is C31H31F4N3O5. The molecule has 2 aromatic rings. The Hall–Kier alpha value is -3.93. The Bertz CT molecular complexity index is 1500. The number of aliphatic hydroxyl groups excluding tert-OH is 1. The normalized spacial score (nSPS) is 25.9. The molecule has 0 aromatic heterocycles. The zero-order valence-electron chi connectivity index (χ0n) is 23.3. The molecule has 1 heterocycles. The van der Waals surface area contributed by atoms with Gasteiger partial charge in [0.05, 0.1) is 30.3 Å². The van der Waals surface area contributed by atoms with Crippen LogP contribution >= 0.6 is 0 Å². The van der Waals surface area contributed by atoms with Crippen LogP contribution in [0.15, 0.2) is 48.0 Å². The number of likely N-dealkylation sites (tertiary alicyclic amines) is 1. The summed E-state index contributed by atoms with van der Waals surface area (Å²) in [6.07, 6.45) is 0.170. The van der Waals surface area contributed by atoms with Crippen molar-refractivity contribution in [3.8, 4) is 5.75 Å². The molecule has 2 bridgehead atoms. The van der Waals surface area contributed by atoms with E-state index >= 15 is 0 Å². The van der Waals surface area contributed by atoms with Gasteiger partial charge in [-0.1, -0.05) is 11.6 Å². The van der Waals surface area contributed by atoms with Gasteiger partial charge in [0, 0.05) is 36.3 Å². The first kappa shape index (κ1) is 29.2. The SMILES string of the molecule is COc1ccc(C(=O)N2CC(O)C2)cc1C(=O)N[C@H]1[C@@H](C(=O)Nc2ccc(F)c(C(F)(F)F)c2)[C@H]2CC[C@@H]1/C2=C\C1CC1. The van der Waals surface area contributed by atoms with Crippen LogP contribution in [0, 0.1) is 29.5 Å². The lowest BCUT2D eigenvalue weighted by molar-refractivity contribution is -0.140. The maximum Gasteiger partial charge on any atom is 0.419 e. The number of allylic oxidation sites excluding steroid dienone is 1. The van der Waals surface area contributed by atoms with Crippen LogP contribution in [0.1, 0.15) is 52.0 Å². The first-order chi connectivity index (χ1) is 20.4. The van der Waals surface area contributed by atoms with E-state index in [0.29, 0.717) is 24.5 Å². The quantitative estimate of drug-likeness (QED) is 0.322. The Balaban J connectivity index is 1.27. The van der Waals surface area contributed by atoms with Crippen LogP contribution in [0.5, 0.6) is 5.75 Å². The van der Waals surface area contributed by atoms with Crippen LogP contribution in [0.25, 0.3) is 0 Å². The van der Waals surface area contributed by atoms with Gasteiger partial charge >= 0.3 is 6.18 Å². The second kappa shape index (κ2) is 11.0. The van der Waals surface area contributed by atoms with Crippen LogP contribution in [0.2, 0.25) is 0 Å². The molecular weight excluding hydrogens is 570 g/mol. The number of halogens is 4. The van der Waals surface area contributed by atoms with E-state index in [1.807, 2.05) is 0 Å². The molecule has 6 rings (SSSR count). The molecule has 4 atom stereocenters. The number of carbonyl (C=O) groups is 3. The molecule has 12 heteroatoms. The zero-order chi connectivity index (χ0) is 30.6. The summed E-state index contributed by atoms with van der Waals surface area (Å²) in [6.45, 7) is 0.395. The average Bonchev–Trinajstić information content (AvgIpc) is 3.63. The number of methoxy groups -OCH3 is 1. The van der Waals surface area contributed by atoms with Crippen molar-refractivity contribution in [1.82, 2.24) is 10.2 Å². The lowest BCUT2D eigenvalue weighted by atomic mass is 9.83. The van der Waals surface area contributed by atoms with Crippen LogP contribution < -0.4 is 15.4 Å². The standard InChI is InChI=1S/C31H31F4N3O5/c1-43-25-9-4-16(30(42)38-13-18(39)14-38)11-22(25)28(40)37-27-20-7-6-19(21(20)10-15-2-3-15)26(27)29(41)36-17-5-8-24(32)23(12-17)31(33,34)35/h4-5,8-12,15,18-20,26-27,39H,2-3,6-7,13-14H2,1H3,(H,36,41)(H,37,40)/b21-10-/t19-,20+,26-,27+/m0/s1. The second-order valence-corrected chi connectivity index (χ2v) is 11.8. The number of aliphatic hydroxyl groups is 1. The summed E-state index contributed by atoms with van der Waals surface area (Å²) in [6, 6.07) is 6.11. The molecule has 0 unspecified atom stereocenters. The first-order valence-electron chi connectivity index (χ1n) is 14.3. The molecule has 8 nitrogen and oxygen atoms in total. The van der Waals surface area contributed by atoms with E-state index in [2.05, 4.69) is 16.7 Å². The number of anilines is 1. The highest BCUT2D eigenvalue weighted by Gasteiger charge is 2.55. The number of fused-ring (bicyclic) bond motifs is 2. The molecule has 0 radical (unpaired) electrons. The second-order valence-electron chi connectivity index (χ2n) is 11.8. The smallest absolute Gasteiger partial charge is 0.419 e. The summed E-state index contributed by atoms with van der Waals surface area (Å²) in [7, 11) is 1.39. The maximum absolute atomic E-state index is 13.9. The van der Waals surface area contributed by atoms with Crippen molar-refractivity contribution >= 4 is 23.4 Å². The van der Waals surface area contributed by atoms with Crippen LogP contribution in [-0.2, 0) is 11.0 Å². The van der Waals surface area contributed by atoms with Gasteiger partial charge in [0.1, 0.15) is 11.6 Å². The summed E-state index contributed by atoms with van der Waals surface area (Å²) in [4.78, 5) is 41.7. The number of carbonyl (C=O) groups excluding carboxylic acids is 3. The molecule has 0 spiro atoms. The third-order valence-corrected chi connectivity index (χ3v) is 8.93. The summed E-state index contributed by atoms with van der Waals surface area (Å²) in [5, 5.41) is 15.1. The Morgan fingerprint density at radius 3 is 2.40 bits per heavy atom. The Labute approximate surface area is 245 Å². The highest BCUT2D eigenvalue weighted by molar-refractivity contribution is 6.02. The van der Waals surface area contributed by atoms with E-state index in [0.717, 1.165) is 30.9 Å². The van der Waals surface area contributed by atoms with E-state index in [1.165, 1.54) is 30.2 Å². The molecule has 1 aliphatic heterocycles. The number of alkyl halides is 3. The van der Waals surface area contributed by atoms with Gasteiger partial charge in [-0.15, -0.1) is 0 Å². The zero-order valence-corrected chi connectivity index (χ0v) is 23.3. The fourth-order valence-corrected chi connectivity index (χ4v) is 6.66. The molecule has 1 saturated heterocycles. The van der Waals surface area contributed by atoms with Crippen molar-refractivity contribution in [2.45, 2.75) is 44.0 Å². The van der Waals surface area contributed by atoms with Gasteiger partial charge in [-0.25, -0.2) is 4.39 Å². The maximum atomic E-state index is 13.9. The number of amides is 3. The first-order valence-corrected chi connectivity index (χ1v) is 14.3. The molecule has 3 aliphatic carbocycles. The van der Waals surface area contributed by atoms with E-state index in [9.17, 15) is 37.1 Å². The minimum atomic E-state index is -4.93. The van der Waals surface area contributed by atoms with Crippen molar-refractivity contribution < 1.29 is 41.8 Å². The Morgan fingerprint density at radius 2 is 1.74 bits per heavy atom. The van der Waals surface area contributed by atoms with Crippen LogP contribution in [-0.4, -0.2) is 60.1 Å². The Kier molecular flexibility index (Phi) is 7.44. The van der Waals surface area contributed by atoms with Gasteiger partial charge in [-0.05, 0) is 73.9 Å². The van der Waals surface area contributed by atoms with Crippen molar-refractivity contribution in [2.75, 3.05) is 25.5 Å². The van der Waals surface area contributed by atoms with Gasteiger partial charge in [0.2, 0.25) is 5.91 Å². The van der Waals surface area contributed by atoms with Crippen LogP contribution in [0.3, 0.4) is 0 Å². The molecule has 3 saturated carbocycles.